The van der Waals surface area contributed by atoms with E-state index in [0.717, 1.165) is 12.8 Å². The summed E-state index contributed by atoms with van der Waals surface area (Å²) >= 11 is 6.44. The SMILES string of the molecule is CC(C)n1c(C(C)(C)O)nc2c(F)cc(-c3nc(N[C@@H]4C[C@H]5CCC(O5)[C@H]4O)ncc3Cl)cc21. The summed E-state index contributed by atoms with van der Waals surface area (Å²) in [4.78, 5) is 13.3. The normalized spacial score (nSPS) is 24.9. The molecule has 182 valence electrons. The molecule has 2 fully saturated rings. The van der Waals surface area contributed by atoms with E-state index < -0.39 is 17.5 Å². The topological polar surface area (TPSA) is 105 Å². The molecular weight excluding hydrogens is 461 g/mol. The number of hydrogen-bond acceptors (Lipinski definition) is 7. The van der Waals surface area contributed by atoms with Crippen LogP contribution in [0.4, 0.5) is 10.3 Å². The largest absolute Gasteiger partial charge is 0.388 e. The van der Waals surface area contributed by atoms with Gasteiger partial charge in [0.2, 0.25) is 5.95 Å². The van der Waals surface area contributed by atoms with Crippen molar-refractivity contribution in [1.29, 1.82) is 0 Å². The van der Waals surface area contributed by atoms with Crippen LogP contribution in [0.1, 0.15) is 58.8 Å². The number of aliphatic hydroxyl groups is 2. The summed E-state index contributed by atoms with van der Waals surface area (Å²) in [6, 6.07) is 2.82. The van der Waals surface area contributed by atoms with E-state index in [1.807, 2.05) is 18.4 Å². The molecule has 0 aliphatic carbocycles. The highest BCUT2D eigenvalue weighted by molar-refractivity contribution is 6.33. The first-order valence-corrected chi connectivity index (χ1v) is 12.0. The average Bonchev–Trinajstić information content (AvgIpc) is 3.35. The molecule has 2 bridgehead atoms. The smallest absolute Gasteiger partial charge is 0.223 e. The number of aromatic nitrogens is 4. The van der Waals surface area contributed by atoms with Crippen molar-refractivity contribution in [3.8, 4) is 11.3 Å². The van der Waals surface area contributed by atoms with E-state index >= 15 is 4.39 Å². The summed E-state index contributed by atoms with van der Waals surface area (Å²) in [5, 5.41) is 24.7. The highest BCUT2D eigenvalue weighted by Crippen LogP contribution is 2.36. The molecule has 0 spiro atoms. The van der Waals surface area contributed by atoms with Gasteiger partial charge in [0.25, 0.3) is 0 Å². The van der Waals surface area contributed by atoms with E-state index in [2.05, 4.69) is 20.3 Å². The minimum Gasteiger partial charge on any atom is -0.388 e. The second-order valence-electron chi connectivity index (χ2n) is 10.0. The van der Waals surface area contributed by atoms with Crippen molar-refractivity contribution in [1.82, 2.24) is 19.5 Å². The summed E-state index contributed by atoms with van der Waals surface area (Å²) in [5.74, 6) is 0.158. The van der Waals surface area contributed by atoms with Gasteiger partial charge in [0, 0.05) is 11.6 Å². The van der Waals surface area contributed by atoms with Gasteiger partial charge in [-0.25, -0.2) is 19.3 Å². The van der Waals surface area contributed by atoms with Gasteiger partial charge in [0.05, 0.1) is 40.7 Å². The fourth-order valence-corrected chi connectivity index (χ4v) is 5.23. The number of halogens is 2. The maximum absolute atomic E-state index is 15.2. The van der Waals surface area contributed by atoms with Crippen LogP contribution in [-0.2, 0) is 10.3 Å². The summed E-state index contributed by atoms with van der Waals surface area (Å²) in [6.45, 7) is 7.16. The lowest BCUT2D eigenvalue weighted by Gasteiger charge is -2.33. The molecule has 2 saturated heterocycles. The van der Waals surface area contributed by atoms with E-state index in [-0.39, 0.29) is 34.8 Å². The number of ether oxygens (including phenoxy) is 1. The summed E-state index contributed by atoms with van der Waals surface area (Å²) in [6.07, 6.45) is 3.19. The van der Waals surface area contributed by atoms with Gasteiger partial charge in [-0.1, -0.05) is 11.6 Å². The Morgan fingerprint density at radius 2 is 2.03 bits per heavy atom. The number of benzene rings is 1. The molecule has 0 radical (unpaired) electrons. The molecule has 5 rings (SSSR count). The Bertz CT molecular complexity index is 1240. The quantitative estimate of drug-likeness (QED) is 0.493. The van der Waals surface area contributed by atoms with Crippen LogP contribution in [-0.4, -0.2) is 54.1 Å². The second-order valence-corrected chi connectivity index (χ2v) is 10.4. The van der Waals surface area contributed by atoms with E-state index in [1.54, 1.807) is 19.9 Å². The fraction of sp³-hybridized carbons (Fsp3) is 0.542. The molecule has 2 aliphatic rings. The first-order valence-electron chi connectivity index (χ1n) is 11.6. The molecular formula is C24H29ClFN5O3. The third kappa shape index (κ3) is 4.04. The zero-order valence-electron chi connectivity index (χ0n) is 19.6. The number of hydrogen-bond donors (Lipinski definition) is 3. The Morgan fingerprint density at radius 1 is 1.26 bits per heavy atom. The summed E-state index contributed by atoms with van der Waals surface area (Å²) in [5.41, 5.74) is 0.313. The van der Waals surface area contributed by atoms with Gasteiger partial charge >= 0.3 is 0 Å². The lowest BCUT2D eigenvalue weighted by Crippen LogP contribution is -2.47. The Labute approximate surface area is 202 Å². The number of rotatable bonds is 5. The van der Waals surface area contributed by atoms with Gasteiger partial charge in [-0.3, -0.25) is 0 Å². The van der Waals surface area contributed by atoms with Crippen LogP contribution in [0.5, 0.6) is 0 Å². The Balaban J connectivity index is 1.55. The number of imidazole rings is 1. The molecule has 3 N–H and O–H groups in total. The van der Waals surface area contributed by atoms with E-state index in [1.165, 1.54) is 12.3 Å². The third-order valence-electron chi connectivity index (χ3n) is 6.59. The third-order valence-corrected chi connectivity index (χ3v) is 6.87. The van der Waals surface area contributed by atoms with Crippen molar-refractivity contribution in [2.75, 3.05) is 5.32 Å². The molecule has 1 unspecified atom stereocenters. The van der Waals surface area contributed by atoms with E-state index in [9.17, 15) is 10.2 Å². The standard InChI is InChI=1S/C24H29ClFN5O3/c1-11(2)31-17-8-12(7-15(26)20(17)29-22(31)24(3,4)33)19-14(25)10-27-23(30-19)28-16-9-13-5-6-18(34-13)21(16)32/h7-8,10-11,13,16,18,21,32-33H,5-6,9H2,1-4H3,(H,27,28,30)/t13-,16-,18?,21+/m1/s1. The first kappa shape index (κ1) is 23.4. The molecule has 3 aromatic rings. The Morgan fingerprint density at radius 3 is 2.74 bits per heavy atom. The van der Waals surface area contributed by atoms with Crippen molar-refractivity contribution in [3.05, 3.63) is 35.0 Å². The van der Waals surface area contributed by atoms with Gasteiger partial charge in [0.15, 0.2) is 5.82 Å². The van der Waals surface area contributed by atoms with Crippen LogP contribution in [0.2, 0.25) is 5.02 Å². The summed E-state index contributed by atoms with van der Waals surface area (Å²) < 4.78 is 22.8. The van der Waals surface area contributed by atoms with E-state index in [4.69, 9.17) is 16.3 Å². The number of nitrogens with zero attached hydrogens (tertiary/aromatic N) is 4. The lowest BCUT2D eigenvalue weighted by molar-refractivity contribution is -0.0811. The molecule has 2 aromatic heterocycles. The number of nitrogens with one attached hydrogen (secondary N) is 1. The molecule has 0 saturated carbocycles. The van der Waals surface area contributed by atoms with Crippen molar-refractivity contribution in [2.24, 2.45) is 0 Å². The van der Waals surface area contributed by atoms with Gasteiger partial charge in [-0.05, 0) is 59.1 Å². The monoisotopic (exact) mass is 489 g/mol. The molecule has 0 amide bonds. The molecule has 34 heavy (non-hydrogen) atoms. The zero-order valence-corrected chi connectivity index (χ0v) is 20.3. The Kier molecular flexibility index (Phi) is 5.79. The van der Waals surface area contributed by atoms with Crippen molar-refractivity contribution >= 4 is 28.6 Å². The number of fused-ring (bicyclic) bond motifs is 3. The lowest BCUT2D eigenvalue weighted by atomic mass is 10.0. The van der Waals surface area contributed by atoms with Crippen molar-refractivity contribution < 1.29 is 19.3 Å². The van der Waals surface area contributed by atoms with Crippen molar-refractivity contribution in [3.63, 3.8) is 0 Å². The van der Waals surface area contributed by atoms with Gasteiger partial charge in [-0.2, -0.15) is 0 Å². The Hall–Kier alpha value is -2.33. The van der Waals surface area contributed by atoms with Crippen LogP contribution in [0.3, 0.4) is 0 Å². The van der Waals surface area contributed by atoms with E-state index in [0.29, 0.717) is 35.0 Å². The molecule has 4 heterocycles. The average molecular weight is 490 g/mol. The predicted octanol–water partition coefficient (Wildman–Crippen LogP) is 4.19. The highest BCUT2D eigenvalue weighted by Gasteiger charge is 2.42. The van der Waals surface area contributed by atoms with Gasteiger partial charge in [0.1, 0.15) is 23.0 Å². The molecule has 2 aliphatic heterocycles. The fourth-order valence-electron chi connectivity index (χ4n) is 5.03. The van der Waals surface area contributed by atoms with Crippen molar-refractivity contribution in [2.45, 2.75) is 83.0 Å². The van der Waals surface area contributed by atoms with Gasteiger partial charge in [-0.15, -0.1) is 0 Å². The van der Waals surface area contributed by atoms with Crippen LogP contribution in [0, 0.1) is 5.82 Å². The molecule has 8 nitrogen and oxygen atoms in total. The minimum atomic E-state index is -1.25. The van der Waals surface area contributed by atoms with Crippen LogP contribution < -0.4 is 5.32 Å². The maximum Gasteiger partial charge on any atom is 0.223 e. The van der Waals surface area contributed by atoms with Crippen LogP contribution >= 0.6 is 11.6 Å². The van der Waals surface area contributed by atoms with Gasteiger partial charge < -0.3 is 24.8 Å². The zero-order chi connectivity index (χ0) is 24.4. The maximum atomic E-state index is 15.2. The van der Waals surface area contributed by atoms with Crippen LogP contribution in [0.15, 0.2) is 18.3 Å². The van der Waals surface area contributed by atoms with Crippen LogP contribution in [0.25, 0.3) is 22.3 Å². The molecule has 1 aromatic carbocycles. The number of aliphatic hydroxyl groups excluding tert-OH is 1. The second kappa shape index (κ2) is 8.41. The highest BCUT2D eigenvalue weighted by atomic mass is 35.5. The first-order chi connectivity index (χ1) is 16.0. The number of anilines is 1. The molecule has 4 atom stereocenters. The minimum absolute atomic E-state index is 0.0652. The molecule has 10 heteroatoms. The predicted molar refractivity (Wildman–Crippen MR) is 127 cm³/mol. The summed E-state index contributed by atoms with van der Waals surface area (Å²) in [7, 11) is 0.